The lowest BCUT2D eigenvalue weighted by molar-refractivity contribution is 0.0647. The van der Waals surface area contributed by atoms with E-state index in [0.29, 0.717) is 45.2 Å². The first-order chi connectivity index (χ1) is 18.9. The van der Waals surface area contributed by atoms with Gasteiger partial charge in [0.15, 0.2) is 0 Å². The van der Waals surface area contributed by atoms with Gasteiger partial charge in [-0.05, 0) is 62.4 Å². The van der Waals surface area contributed by atoms with Gasteiger partial charge in [0.1, 0.15) is 23.1 Å². The average Bonchev–Trinajstić information content (AvgIpc) is 3.49. The van der Waals surface area contributed by atoms with Crippen molar-refractivity contribution in [3.05, 3.63) is 118 Å². The second kappa shape index (κ2) is 10.9. The van der Waals surface area contributed by atoms with Crippen molar-refractivity contribution in [3.8, 4) is 17.2 Å². The average molecular weight is 524 g/mol. The van der Waals surface area contributed by atoms with Gasteiger partial charge in [-0.25, -0.2) is 4.98 Å². The van der Waals surface area contributed by atoms with Crippen molar-refractivity contribution in [2.45, 2.75) is 26.4 Å². The van der Waals surface area contributed by atoms with E-state index in [1.54, 1.807) is 58.2 Å². The molecule has 1 amide bonds. The van der Waals surface area contributed by atoms with E-state index in [-0.39, 0.29) is 18.0 Å². The predicted octanol–water partition coefficient (Wildman–Crippen LogP) is 5.71. The lowest BCUT2D eigenvalue weighted by atomic mass is 10.1. The maximum Gasteiger partial charge on any atom is 0.266 e. The van der Waals surface area contributed by atoms with Crippen LogP contribution in [0.1, 0.15) is 40.5 Å². The van der Waals surface area contributed by atoms with E-state index in [0.717, 1.165) is 5.56 Å². The molecule has 1 atom stereocenters. The minimum atomic E-state index is -0.626. The second-order valence-electron chi connectivity index (χ2n) is 9.25. The summed E-state index contributed by atoms with van der Waals surface area (Å²) in [5.74, 6) is 1.70. The van der Waals surface area contributed by atoms with Crippen LogP contribution >= 0.6 is 0 Å². The number of ether oxygens (including phenoxy) is 2. The van der Waals surface area contributed by atoms with Crippen molar-refractivity contribution in [1.29, 1.82) is 0 Å². The Kier molecular flexibility index (Phi) is 7.19. The van der Waals surface area contributed by atoms with Gasteiger partial charge in [-0.2, -0.15) is 0 Å². The van der Waals surface area contributed by atoms with Crippen LogP contribution in [0.3, 0.4) is 0 Å². The molecule has 198 valence electrons. The maximum atomic E-state index is 14.1. The van der Waals surface area contributed by atoms with E-state index in [9.17, 15) is 9.59 Å². The van der Waals surface area contributed by atoms with Crippen molar-refractivity contribution in [3.63, 3.8) is 0 Å². The van der Waals surface area contributed by atoms with Gasteiger partial charge in [-0.15, -0.1) is 0 Å². The molecular formula is C31H29N3O5. The van der Waals surface area contributed by atoms with Crippen molar-refractivity contribution in [2.24, 2.45) is 0 Å². The first-order valence-corrected chi connectivity index (χ1v) is 12.5. The highest BCUT2D eigenvalue weighted by atomic mass is 16.5. The monoisotopic (exact) mass is 523 g/mol. The van der Waals surface area contributed by atoms with E-state index >= 15 is 0 Å². The zero-order valence-corrected chi connectivity index (χ0v) is 22.3. The molecule has 1 unspecified atom stereocenters. The first-order valence-electron chi connectivity index (χ1n) is 12.5. The van der Waals surface area contributed by atoms with Crippen LogP contribution in [-0.4, -0.2) is 34.6 Å². The molecule has 0 spiro atoms. The van der Waals surface area contributed by atoms with Crippen LogP contribution in [0.15, 0.2) is 94.3 Å². The van der Waals surface area contributed by atoms with Crippen molar-refractivity contribution in [2.75, 3.05) is 14.2 Å². The van der Waals surface area contributed by atoms with Crippen LogP contribution < -0.4 is 15.0 Å². The van der Waals surface area contributed by atoms with Crippen molar-refractivity contribution < 1.29 is 18.7 Å². The molecule has 8 heteroatoms. The summed E-state index contributed by atoms with van der Waals surface area (Å²) in [7, 11) is 3.07. The molecule has 5 rings (SSSR count). The topological polar surface area (TPSA) is 86.8 Å². The summed E-state index contributed by atoms with van der Waals surface area (Å²) in [6.45, 7) is 4.00. The van der Waals surface area contributed by atoms with Gasteiger partial charge >= 0.3 is 0 Å². The van der Waals surface area contributed by atoms with E-state index < -0.39 is 6.04 Å². The molecule has 5 aromatic rings. The minimum Gasteiger partial charge on any atom is -0.497 e. The van der Waals surface area contributed by atoms with Gasteiger partial charge < -0.3 is 18.8 Å². The van der Waals surface area contributed by atoms with E-state index in [1.807, 2.05) is 50.2 Å². The summed E-state index contributed by atoms with van der Waals surface area (Å²) in [5.41, 5.74) is 2.45. The van der Waals surface area contributed by atoms with Gasteiger partial charge in [0.25, 0.3) is 11.5 Å². The second-order valence-corrected chi connectivity index (χ2v) is 9.25. The third-order valence-corrected chi connectivity index (χ3v) is 6.70. The van der Waals surface area contributed by atoms with Crippen LogP contribution in [-0.2, 0) is 6.54 Å². The number of methoxy groups -OCH3 is 2. The molecule has 0 aliphatic rings. The number of aromatic nitrogens is 2. The Labute approximate surface area is 226 Å². The number of carbonyl (C=O) groups is 1. The molecular weight excluding hydrogens is 494 g/mol. The third kappa shape index (κ3) is 5.13. The summed E-state index contributed by atoms with van der Waals surface area (Å²) in [4.78, 5) is 34.5. The van der Waals surface area contributed by atoms with Crippen LogP contribution in [0.4, 0.5) is 0 Å². The molecule has 0 aliphatic carbocycles. The van der Waals surface area contributed by atoms with E-state index in [1.165, 1.54) is 14.2 Å². The number of benzene rings is 3. The fraction of sp³-hybridized carbons (Fsp3) is 0.194. The number of para-hydroxylation sites is 1. The highest BCUT2D eigenvalue weighted by molar-refractivity contribution is 5.95. The Balaban J connectivity index is 1.69. The summed E-state index contributed by atoms with van der Waals surface area (Å²) in [6.07, 6.45) is 1.56. The molecule has 0 fully saturated rings. The molecule has 2 aromatic heterocycles. The lowest BCUT2D eigenvalue weighted by Gasteiger charge is -2.30. The van der Waals surface area contributed by atoms with E-state index in [4.69, 9.17) is 18.9 Å². The van der Waals surface area contributed by atoms with Crippen LogP contribution in [0.2, 0.25) is 0 Å². The van der Waals surface area contributed by atoms with Crippen molar-refractivity contribution >= 4 is 16.8 Å². The summed E-state index contributed by atoms with van der Waals surface area (Å²) < 4.78 is 18.0. The number of fused-ring (bicyclic) bond motifs is 1. The van der Waals surface area contributed by atoms with Crippen molar-refractivity contribution in [1.82, 2.24) is 14.5 Å². The SMILES string of the molecule is COc1cc(OC)cc(C(=O)N(Cc2ccco2)C(C)c2nc3ccccc3c(=O)n2-c2ccc(C)cc2)c1. The quantitative estimate of drug-likeness (QED) is 0.259. The fourth-order valence-electron chi connectivity index (χ4n) is 4.56. The first kappa shape index (κ1) is 25.8. The highest BCUT2D eigenvalue weighted by Crippen LogP contribution is 2.29. The molecule has 8 nitrogen and oxygen atoms in total. The van der Waals surface area contributed by atoms with Gasteiger partial charge in [0, 0.05) is 11.6 Å². The number of aryl methyl sites for hydroxylation is 1. The van der Waals surface area contributed by atoms with E-state index in [2.05, 4.69) is 0 Å². The predicted molar refractivity (Wildman–Crippen MR) is 149 cm³/mol. The Morgan fingerprint density at radius 2 is 1.67 bits per heavy atom. The molecule has 0 aliphatic heterocycles. The minimum absolute atomic E-state index is 0.156. The molecule has 0 saturated carbocycles. The van der Waals surface area contributed by atoms with Gasteiger partial charge in [0.2, 0.25) is 0 Å². The number of nitrogens with zero attached hydrogens (tertiary/aromatic N) is 3. The highest BCUT2D eigenvalue weighted by Gasteiger charge is 2.29. The maximum absolute atomic E-state index is 14.1. The summed E-state index contributed by atoms with van der Waals surface area (Å²) in [5, 5.41) is 0.496. The largest absolute Gasteiger partial charge is 0.497 e. The van der Waals surface area contributed by atoms with Crippen LogP contribution in [0.25, 0.3) is 16.6 Å². The lowest BCUT2D eigenvalue weighted by Crippen LogP contribution is -2.37. The Morgan fingerprint density at radius 1 is 0.974 bits per heavy atom. The number of hydrogen-bond donors (Lipinski definition) is 0. The van der Waals surface area contributed by atoms with Gasteiger partial charge in [-0.1, -0.05) is 29.8 Å². The zero-order chi connectivity index (χ0) is 27.5. The molecule has 0 saturated heterocycles. The number of carbonyl (C=O) groups excluding carboxylic acids is 1. The van der Waals surface area contributed by atoms with Crippen LogP contribution in [0.5, 0.6) is 11.5 Å². The third-order valence-electron chi connectivity index (χ3n) is 6.70. The Bertz CT molecular complexity index is 1650. The van der Waals surface area contributed by atoms with Gasteiger partial charge in [-0.3, -0.25) is 14.2 Å². The molecule has 0 radical (unpaired) electrons. The molecule has 2 heterocycles. The fourth-order valence-corrected chi connectivity index (χ4v) is 4.56. The number of rotatable bonds is 8. The number of amides is 1. The normalized spacial score (nSPS) is 11.8. The summed E-state index contributed by atoms with van der Waals surface area (Å²) in [6, 6.07) is 22.9. The molecule has 3 aromatic carbocycles. The Hall–Kier alpha value is -4.85. The molecule has 39 heavy (non-hydrogen) atoms. The van der Waals surface area contributed by atoms with Gasteiger partial charge in [0.05, 0.1) is 49.7 Å². The van der Waals surface area contributed by atoms with Crippen LogP contribution in [0, 0.1) is 6.92 Å². The number of hydrogen-bond acceptors (Lipinski definition) is 6. The zero-order valence-electron chi connectivity index (χ0n) is 22.3. The standard InChI is InChI=1S/C31H29N3O5/c1-20-11-13-23(14-12-20)34-29(32-28-10-6-5-9-27(28)31(34)36)21(2)33(19-24-8-7-15-39-24)30(35)22-16-25(37-3)18-26(17-22)38-4/h5-18,21H,19H2,1-4H3. The Morgan fingerprint density at radius 3 is 2.31 bits per heavy atom. The molecule has 0 bridgehead atoms. The summed E-state index contributed by atoms with van der Waals surface area (Å²) >= 11 is 0. The number of furan rings is 1. The smallest absolute Gasteiger partial charge is 0.266 e. The molecule has 0 N–H and O–H groups in total.